The van der Waals surface area contributed by atoms with E-state index in [1.165, 1.54) is 0 Å². The molecule has 8 heteroatoms. The second-order valence-corrected chi connectivity index (χ2v) is 10.9. The van der Waals surface area contributed by atoms with E-state index in [0.29, 0.717) is 19.4 Å². The highest BCUT2D eigenvalue weighted by Gasteiger charge is 2.48. The van der Waals surface area contributed by atoms with Gasteiger partial charge in [-0.15, -0.1) is 0 Å². The van der Waals surface area contributed by atoms with Crippen molar-refractivity contribution < 1.29 is 24.3 Å². The fourth-order valence-corrected chi connectivity index (χ4v) is 5.12. The van der Waals surface area contributed by atoms with E-state index in [0.717, 1.165) is 22.4 Å². The summed E-state index contributed by atoms with van der Waals surface area (Å²) in [6, 6.07) is 16.9. The molecule has 3 atom stereocenters. The zero-order chi connectivity index (χ0) is 27.9. The van der Waals surface area contributed by atoms with Crippen molar-refractivity contribution in [1.29, 1.82) is 0 Å². The van der Waals surface area contributed by atoms with Crippen LogP contribution in [0.4, 0.5) is 4.79 Å². The van der Waals surface area contributed by atoms with Crippen molar-refractivity contribution in [3.05, 3.63) is 71.8 Å². The first-order valence-corrected chi connectivity index (χ1v) is 13.3. The van der Waals surface area contributed by atoms with Gasteiger partial charge in [0.25, 0.3) is 5.91 Å². The number of Topliss-reactive ketones (excluding diaryl/α,β-unsaturated/α-hetero) is 1. The maximum Gasteiger partial charge on any atom is 0.409 e. The molecule has 0 saturated carbocycles. The highest BCUT2D eigenvalue weighted by Crippen LogP contribution is 2.37. The zero-order valence-electron chi connectivity index (χ0n) is 22.7. The molecule has 0 spiro atoms. The second kappa shape index (κ2) is 12.7. The number of nitrogens with zero attached hydrogens (tertiary/aromatic N) is 2. The van der Waals surface area contributed by atoms with Crippen LogP contribution >= 0.6 is 0 Å². The van der Waals surface area contributed by atoms with Gasteiger partial charge in [-0.1, -0.05) is 94.3 Å². The van der Waals surface area contributed by atoms with Crippen LogP contribution in [-0.4, -0.2) is 57.3 Å². The Hall–Kier alpha value is -3.68. The molecule has 0 aromatic heterocycles. The molecule has 2 aromatic rings. The maximum atomic E-state index is 13.5. The van der Waals surface area contributed by atoms with Gasteiger partial charge in [0.2, 0.25) is 11.7 Å². The zero-order valence-corrected chi connectivity index (χ0v) is 22.7. The molecule has 2 aromatic carbocycles. The normalized spacial score (nSPS) is 17.9. The molecule has 0 aliphatic carbocycles. The number of carboxylic acid groups (broad SMARTS) is 1. The van der Waals surface area contributed by atoms with Crippen LogP contribution < -0.4 is 5.32 Å². The first kappa shape index (κ1) is 28.9. The summed E-state index contributed by atoms with van der Waals surface area (Å²) in [5.41, 5.74) is 1.31. The molecule has 3 rings (SSSR count). The van der Waals surface area contributed by atoms with Gasteiger partial charge in [-0.05, 0) is 36.3 Å². The second-order valence-electron chi connectivity index (χ2n) is 10.9. The fraction of sp³-hybridized carbons (Fsp3) is 0.467. The van der Waals surface area contributed by atoms with E-state index in [4.69, 9.17) is 0 Å². The first-order chi connectivity index (χ1) is 18.0. The van der Waals surface area contributed by atoms with E-state index in [9.17, 15) is 24.3 Å². The van der Waals surface area contributed by atoms with Gasteiger partial charge in [-0.2, -0.15) is 0 Å². The van der Waals surface area contributed by atoms with E-state index in [-0.39, 0.29) is 24.2 Å². The molecule has 2 unspecified atom stereocenters. The summed E-state index contributed by atoms with van der Waals surface area (Å²) in [7, 11) is 0. The molecule has 1 heterocycles. The predicted molar refractivity (Wildman–Crippen MR) is 145 cm³/mol. The average Bonchev–Trinajstić information content (AvgIpc) is 3.21. The molecular weight excluding hydrogens is 482 g/mol. The number of carbonyl (C=O) groups excluding carboxylic acids is 3. The van der Waals surface area contributed by atoms with Gasteiger partial charge >= 0.3 is 6.09 Å². The number of carbonyl (C=O) groups is 4. The fourth-order valence-electron chi connectivity index (χ4n) is 5.12. The molecule has 204 valence electrons. The predicted octanol–water partition coefficient (Wildman–Crippen LogP) is 4.80. The summed E-state index contributed by atoms with van der Waals surface area (Å²) in [6.07, 6.45) is -0.164. The Morgan fingerprint density at radius 1 is 1.05 bits per heavy atom. The molecule has 1 fully saturated rings. The SMILES string of the molecule is CCCC[C@@H](C(=O)C(=O)NC(C)c1ccccc1)N(C(=O)O)C1CC(C)(C)CN1C(=O)Cc1ccccc1. The highest BCUT2D eigenvalue weighted by atomic mass is 16.4. The van der Waals surface area contributed by atoms with E-state index >= 15 is 0 Å². The minimum atomic E-state index is -1.32. The molecule has 8 nitrogen and oxygen atoms in total. The third-order valence-electron chi connectivity index (χ3n) is 7.09. The van der Waals surface area contributed by atoms with E-state index in [1.807, 2.05) is 81.4 Å². The minimum Gasteiger partial charge on any atom is -0.465 e. The summed E-state index contributed by atoms with van der Waals surface area (Å²) >= 11 is 0. The van der Waals surface area contributed by atoms with Crippen LogP contribution in [0.2, 0.25) is 0 Å². The summed E-state index contributed by atoms with van der Waals surface area (Å²) in [4.78, 5) is 55.4. The van der Waals surface area contributed by atoms with E-state index in [2.05, 4.69) is 5.32 Å². The molecule has 3 amide bonds. The van der Waals surface area contributed by atoms with Crippen LogP contribution in [0.25, 0.3) is 0 Å². The van der Waals surface area contributed by atoms with Gasteiger partial charge in [-0.3, -0.25) is 19.3 Å². The Bertz CT molecular complexity index is 1120. The lowest BCUT2D eigenvalue weighted by Gasteiger charge is -2.38. The van der Waals surface area contributed by atoms with Gasteiger partial charge in [0.1, 0.15) is 12.2 Å². The summed E-state index contributed by atoms with van der Waals surface area (Å²) in [5.74, 6) is -1.83. The van der Waals surface area contributed by atoms with Crippen molar-refractivity contribution in [1.82, 2.24) is 15.1 Å². The van der Waals surface area contributed by atoms with Crippen LogP contribution in [0.1, 0.15) is 70.5 Å². The minimum absolute atomic E-state index is 0.129. The third kappa shape index (κ3) is 7.21. The van der Waals surface area contributed by atoms with Crippen molar-refractivity contribution >= 4 is 23.7 Å². The number of benzene rings is 2. The molecule has 2 N–H and O–H groups in total. The quantitative estimate of drug-likeness (QED) is 0.413. The lowest BCUT2D eigenvalue weighted by atomic mass is 9.91. The number of likely N-dealkylation sites (tertiary alicyclic amines) is 1. The van der Waals surface area contributed by atoms with Gasteiger partial charge in [0.05, 0.1) is 12.5 Å². The lowest BCUT2D eigenvalue weighted by Crippen LogP contribution is -2.58. The van der Waals surface area contributed by atoms with Gasteiger partial charge in [0.15, 0.2) is 0 Å². The number of ketones is 1. The number of nitrogens with one attached hydrogen (secondary N) is 1. The Labute approximate surface area is 225 Å². The van der Waals surface area contributed by atoms with Crippen LogP contribution in [0.3, 0.4) is 0 Å². The van der Waals surface area contributed by atoms with Crippen LogP contribution in [0.5, 0.6) is 0 Å². The van der Waals surface area contributed by atoms with Crippen LogP contribution in [-0.2, 0) is 20.8 Å². The molecule has 1 aliphatic rings. The van der Waals surface area contributed by atoms with E-state index in [1.54, 1.807) is 11.8 Å². The van der Waals surface area contributed by atoms with Gasteiger partial charge < -0.3 is 15.3 Å². The third-order valence-corrected chi connectivity index (χ3v) is 7.09. The Morgan fingerprint density at radius 2 is 1.66 bits per heavy atom. The van der Waals surface area contributed by atoms with Crippen molar-refractivity contribution in [3.8, 4) is 0 Å². The molecule has 0 radical (unpaired) electrons. The van der Waals surface area contributed by atoms with Crippen molar-refractivity contribution in [2.45, 2.75) is 78.0 Å². The Kier molecular flexibility index (Phi) is 9.66. The number of rotatable bonds is 11. The molecular formula is C30H39N3O5. The highest BCUT2D eigenvalue weighted by molar-refractivity contribution is 6.38. The van der Waals surface area contributed by atoms with E-state index < -0.39 is 36.0 Å². The lowest BCUT2D eigenvalue weighted by molar-refractivity contribution is -0.144. The molecule has 0 bridgehead atoms. The number of hydrogen-bond acceptors (Lipinski definition) is 4. The topological polar surface area (TPSA) is 107 Å². The standard InChI is InChI=1S/C30H39N3O5/c1-5-6-17-24(27(35)28(36)31-21(2)23-15-11-8-12-16-23)33(29(37)38)25-19-30(3,4)20-32(25)26(34)18-22-13-9-7-10-14-22/h7-16,21,24-25H,5-6,17-20H2,1-4H3,(H,31,36)(H,37,38)/t21?,24-,25?/m0/s1. The smallest absolute Gasteiger partial charge is 0.409 e. The monoisotopic (exact) mass is 521 g/mol. The van der Waals surface area contributed by atoms with Crippen molar-refractivity contribution in [2.75, 3.05) is 6.54 Å². The largest absolute Gasteiger partial charge is 0.465 e. The summed E-state index contributed by atoms with van der Waals surface area (Å²) in [5, 5.41) is 13.1. The maximum absolute atomic E-state index is 13.5. The van der Waals surface area contributed by atoms with Crippen molar-refractivity contribution in [2.24, 2.45) is 5.41 Å². The van der Waals surface area contributed by atoms with Crippen LogP contribution in [0, 0.1) is 5.41 Å². The average molecular weight is 522 g/mol. The van der Waals surface area contributed by atoms with Crippen LogP contribution in [0.15, 0.2) is 60.7 Å². The summed E-state index contributed by atoms with van der Waals surface area (Å²) in [6.45, 7) is 8.04. The molecule has 1 saturated heterocycles. The molecule has 38 heavy (non-hydrogen) atoms. The Morgan fingerprint density at radius 3 is 2.24 bits per heavy atom. The number of unbranched alkanes of at least 4 members (excludes halogenated alkanes) is 1. The summed E-state index contributed by atoms with van der Waals surface area (Å²) < 4.78 is 0. The van der Waals surface area contributed by atoms with Gasteiger partial charge in [-0.25, -0.2) is 4.79 Å². The van der Waals surface area contributed by atoms with Gasteiger partial charge in [0, 0.05) is 6.54 Å². The van der Waals surface area contributed by atoms with Crippen molar-refractivity contribution in [3.63, 3.8) is 0 Å². The Balaban J connectivity index is 1.88. The molecule has 1 aliphatic heterocycles. The first-order valence-electron chi connectivity index (χ1n) is 13.3. The number of hydrogen-bond donors (Lipinski definition) is 2. The number of amides is 3.